The molecule has 0 unspecified atom stereocenters. The Kier molecular flexibility index (Phi) is 3.33. The van der Waals surface area contributed by atoms with Gasteiger partial charge in [-0.25, -0.2) is 4.98 Å². The molecule has 1 saturated carbocycles. The van der Waals surface area contributed by atoms with Crippen LogP contribution in [0.5, 0.6) is 0 Å². The van der Waals surface area contributed by atoms with E-state index in [9.17, 15) is 4.79 Å². The van der Waals surface area contributed by atoms with Crippen molar-refractivity contribution in [1.82, 2.24) is 10.3 Å². The lowest BCUT2D eigenvalue weighted by Crippen LogP contribution is -2.29. The van der Waals surface area contributed by atoms with Crippen molar-refractivity contribution in [2.24, 2.45) is 5.92 Å². The highest BCUT2D eigenvalue weighted by molar-refractivity contribution is 7.15. The number of carbonyl (C=O) groups excluding carboxylic acids is 1. The third-order valence-electron chi connectivity index (χ3n) is 2.28. The van der Waals surface area contributed by atoms with Crippen molar-refractivity contribution in [3.63, 3.8) is 0 Å². The maximum absolute atomic E-state index is 11.4. The smallest absolute Gasteiger partial charge is 0.240 e. The molecule has 5 heteroatoms. The van der Waals surface area contributed by atoms with Crippen molar-refractivity contribution in [1.29, 1.82) is 0 Å². The zero-order valence-corrected chi connectivity index (χ0v) is 9.56. The van der Waals surface area contributed by atoms with Crippen molar-refractivity contribution in [3.05, 3.63) is 11.1 Å². The van der Waals surface area contributed by atoms with E-state index < -0.39 is 0 Å². The van der Waals surface area contributed by atoms with Crippen LogP contribution in [0.15, 0.2) is 6.20 Å². The van der Waals surface area contributed by atoms with E-state index in [1.165, 1.54) is 24.2 Å². The van der Waals surface area contributed by atoms with Crippen molar-refractivity contribution in [3.8, 4) is 0 Å². The minimum atomic E-state index is -0.00926. The average Bonchev–Trinajstić information content (AvgIpc) is 2.91. The van der Waals surface area contributed by atoms with Crippen molar-refractivity contribution >= 4 is 22.4 Å². The number of amides is 1. The first kappa shape index (κ1) is 10.6. The number of carbonyl (C=O) groups is 1. The third-order valence-corrected chi connectivity index (χ3v) is 3.11. The monoisotopic (exact) mass is 225 g/mol. The second-order valence-electron chi connectivity index (χ2n) is 3.90. The number of anilines is 1. The van der Waals surface area contributed by atoms with Crippen LogP contribution in [0.25, 0.3) is 0 Å². The number of aromatic nitrogens is 1. The summed E-state index contributed by atoms with van der Waals surface area (Å²) in [6, 6.07) is 0. The van der Waals surface area contributed by atoms with E-state index in [1.807, 2.05) is 6.92 Å². The van der Waals surface area contributed by atoms with Gasteiger partial charge in [0.2, 0.25) is 5.91 Å². The molecule has 15 heavy (non-hydrogen) atoms. The van der Waals surface area contributed by atoms with Gasteiger partial charge in [0.1, 0.15) is 0 Å². The maximum Gasteiger partial charge on any atom is 0.240 e. The Hall–Kier alpha value is -0.940. The summed E-state index contributed by atoms with van der Waals surface area (Å²) in [5.41, 5.74) is 0. The summed E-state index contributed by atoms with van der Waals surface area (Å²) in [7, 11) is 0. The van der Waals surface area contributed by atoms with Crippen molar-refractivity contribution < 1.29 is 4.79 Å². The molecule has 0 saturated heterocycles. The Bertz CT molecular complexity index is 346. The predicted octanol–water partition coefficient (Wildman–Crippen LogP) is 1.39. The second-order valence-corrected chi connectivity index (χ2v) is 5.13. The lowest BCUT2D eigenvalue weighted by molar-refractivity contribution is -0.115. The fraction of sp³-hybridized carbons (Fsp3) is 0.600. The quantitative estimate of drug-likeness (QED) is 0.796. The molecule has 0 aliphatic heterocycles. The highest BCUT2D eigenvalue weighted by atomic mass is 32.1. The number of rotatable bonds is 5. The first-order valence-electron chi connectivity index (χ1n) is 5.17. The first-order chi connectivity index (χ1) is 7.24. The molecule has 4 nitrogen and oxygen atoms in total. The standard InChI is InChI=1S/C10H15N3OS/c1-7-4-12-10(15-7)13-9(14)6-11-5-8-2-3-8/h4,8,11H,2-3,5-6H2,1H3,(H,12,13,14). The van der Waals surface area contributed by atoms with Gasteiger partial charge < -0.3 is 10.6 Å². The molecule has 0 radical (unpaired) electrons. The van der Waals surface area contributed by atoms with Crippen molar-refractivity contribution in [2.75, 3.05) is 18.4 Å². The molecule has 0 atom stereocenters. The topological polar surface area (TPSA) is 54.0 Å². The Labute approximate surface area is 93.1 Å². The van der Waals surface area contributed by atoms with E-state index in [-0.39, 0.29) is 5.91 Å². The van der Waals surface area contributed by atoms with Crippen LogP contribution in [0.2, 0.25) is 0 Å². The first-order valence-corrected chi connectivity index (χ1v) is 5.98. The molecular weight excluding hydrogens is 210 g/mol. The lowest BCUT2D eigenvalue weighted by atomic mass is 10.4. The maximum atomic E-state index is 11.4. The van der Waals surface area contributed by atoms with E-state index in [0.29, 0.717) is 11.7 Å². The molecule has 2 N–H and O–H groups in total. The van der Waals surface area contributed by atoms with Crippen molar-refractivity contribution in [2.45, 2.75) is 19.8 Å². The fourth-order valence-electron chi connectivity index (χ4n) is 1.29. The Morgan fingerprint density at radius 3 is 3.07 bits per heavy atom. The van der Waals surface area contributed by atoms with Gasteiger partial charge >= 0.3 is 0 Å². The highest BCUT2D eigenvalue weighted by Gasteiger charge is 2.20. The van der Waals surface area contributed by atoms with Gasteiger partial charge in [0.05, 0.1) is 6.54 Å². The van der Waals surface area contributed by atoms with Gasteiger partial charge in [0.15, 0.2) is 5.13 Å². The zero-order valence-electron chi connectivity index (χ0n) is 8.75. The second kappa shape index (κ2) is 4.72. The summed E-state index contributed by atoms with van der Waals surface area (Å²) in [6.07, 6.45) is 4.37. The molecule has 1 fully saturated rings. The van der Waals surface area contributed by atoms with Gasteiger partial charge in [-0.3, -0.25) is 4.79 Å². The van der Waals surface area contributed by atoms with Crippen LogP contribution in [-0.2, 0) is 4.79 Å². The number of nitrogens with one attached hydrogen (secondary N) is 2. The largest absolute Gasteiger partial charge is 0.308 e. The minimum Gasteiger partial charge on any atom is -0.308 e. The molecule has 1 aromatic rings. The van der Waals surface area contributed by atoms with Crippen LogP contribution in [0.3, 0.4) is 0 Å². The Morgan fingerprint density at radius 2 is 2.47 bits per heavy atom. The van der Waals surface area contributed by atoms with Gasteiger partial charge in [0.25, 0.3) is 0 Å². The molecule has 1 amide bonds. The summed E-state index contributed by atoms with van der Waals surface area (Å²) < 4.78 is 0. The SMILES string of the molecule is Cc1cnc(NC(=O)CNCC2CC2)s1. The van der Waals surface area contributed by atoms with E-state index in [2.05, 4.69) is 15.6 Å². The number of hydrogen-bond acceptors (Lipinski definition) is 4. The summed E-state index contributed by atoms with van der Waals surface area (Å²) in [6.45, 7) is 3.32. The summed E-state index contributed by atoms with van der Waals surface area (Å²) >= 11 is 1.50. The van der Waals surface area contributed by atoms with Gasteiger partial charge in [0, 0.05) is 11.1 Å². The minimum absolute atomic E-state index is 0.00926. The van der Waals surface area contributed by atoms with Crippen LogP contribution < -0.4 is 10.6 Å². The summed E-state index contributed by atoms with van der Waals surface area (Å²) in [5.74, 6) is 0.796. The summed E-state index contributed by atoms with van der Waals surface area (Å²) in [5, 5.41) is 6.59. The number of thiazole rings is 1. The van der Waals surface area contributed by atoms with Crippen LogP contribution in [-0.4, -0.2) is 24.0 Å². The molecule has 1 aliphatic carbocycles. The normalized spacial score (nSPS) is 15.3. The third kappa shape index (κ3) is 3.60. The van der Waals surface area contributed by atoms with E-state index in [0.717, 1.165) is 17.3 Å². The Balaban J connectivity index is 1.67. The van der Waals surface area contributed by atoms with Gasteiger partial charge in [-0.1, -0.05) is 0 Å². The van der Waals surface area contributed by atoms with Crippen LogP contribution in [0.4, 0.5) is 5.13 Å². The fourth-order valence-corrected chi connectivity index (χ4v) is 1.97. The van der Waals surface area contributed by atoms with E-state index >= 15 is 0 Å². The van der Waals surface area contributed by atoms with Gasteiger partial charge in [-0.15, -0.1) is 11.3 Å². The van der Waals surface area contributed by atoms with Crippen LogP contribution in [0.1, 0.15) is 17.7 Å². The zero-order chi connectivity index (χ0) is 10.7. The molecule has 2 rings (SSSR count). The molecule has 1 aliphatic rings. The van der Waals surface area contributed by atoms with Gasteiger partial charge in [-0.2, -0.15) is 0 Å². The Morgan fingerprint density at radius 1 is 1.67 bits per heavy atom. The molecule has 0 spiro atoms. The van der Waals surface area contributed by atoms with Crippen LogP contribution in [0, 0.1) is 12.8 Å². The number of hydrogen-bond donors (Lipinski definition) is 2. The number of aryl methyl sites for hydroxylation is 1. The molecule has 0 aromatic carbocycles. The lowest BCUT2D eigenvalue weighted by Gasteiger charge is -2.02. The average molecular weight is 225 g/mol. The molecular formula is C10H15N3OS. The van der Waals surface area contributed by atoms with E-state index in [1.54, 1.807) is 6.20 Å². The predicted molar refractivity (Wildman–Crippen MR) is 61.1 cm³/mol. The highest BCUT2D eigenvalue weighted by Crippen LogP contribution is 2.27. The van der Waals surface area contributed by atoms with Crippen LogP contribution >= 0.6 is 11.3 Å². The van der Waals surface area contributed by atoms with E-state index in [4.69, 9.17) is 0 Å². The molecule has 1 heterocycles. The summed E-state index contributed by atoms with van der Waals surface area (Å²) in [4.78, 5) is 16.6. The van der Waals surface area contributed by atoms with Gasteiger partial charge in [-0.05, 0) is 32.2 Å². The number of nitrogens with zero attached hydrogens (tertiary/aromatic N) is 1. The molecule has 82 valence electrons. The molecule has 0 bridgehead atoms. The molecule has 1 aromatic heterocycles.